The molecule has 0 aliphatic rings. The summed E-state index contributed by atoms with van der Waals surface area (Å²) in [6, 6.07) is 4.27. The van der Waals surface area contributed by atoms with E-state index in [1.165, 1.54) is 25.1 Å². The molecule has 1 radical (unpaired) electrons. The molecular weight excluding hydrogens is 167 g/mol. The van der Waals surface area contributed by atoms with Crippen LogP contribution in [0.25, 0.3) is 0 Å². The van der Waals surface area contributed by atoms with E-state index in [4.69, 9.17) is 16.7 Å². The third kappa shape index (κ3) is 1.70. The van der Waals surface area contributed by atoms with Gasteiger partial charge in [-0.3, -0.25) is 0 Å². The lowest BCUT2D eigenvalue weighted by molar-refractivity contribution is 0.335. The third-order valence-corrected chi connectivity index (χ3v) is 1.64. The molecule has 1 nitrogen and oxygen atoms in total. The highest BCUT2D eigenvalue weighted by atomic mass is 35.5. The van der Waals surface area contributed by atoms with E-state index in [1.54, 1.807) is 0 Å². The monoisotopic (exact) mass is 173 g/mol. The predicted molar refractivity (Wildman–Crippen MR) is 41.4 cm³/mol. The van der Waals surface area contributed by atoms with Gasteiger partial charge >= 0.3 is 0 Å². The molecular formula is C8H7ClFO. The number of aliphatic hydroxyl groups is 1. The van der Waals surface area contributed by atoms with Crippen molar-refractivity contribution in [3.63, 3.8) is 0 Å². The molecule has 1 aromatic carbocycles. The number of hydrogen-bond acceptors (Lipinski definition) is 1. The van der Waals surface area contributed by atoms with Gasteiger partial charge in [0.15, 0.2) is 0 Å². The van der Waals surface area contributed by atoms with Crippen LogP contribution in [0.5, 0.6) is 0 Å². The Hall–Kier alpha value is -0.600. The Morgan fingerprint density at radius 3 is 2.55 bits per heavy atom. The summed E-state index contributed by atoms with van der Waals surface area (Å²) >= 11 is 5.60. The van der Waals surface area contributed by atoms with Crippen LogP contribution in [0, 0.1) is 11.9 Å². The maximum Gasteiger partial charge on any atom is 0.130 e. The highest BCUT2D eigenvalue weighted by Gasteiger charge is 2.11. The smallest absolute Gasteiger partial charge is 0.130 e. The molecule has 0 fully saturated rings. The first-order valence-electron chi connectivity index (χ1n) is 3.10. The Morgan fingerprint density at radius 1 is 1.55 bits per heavy atom. The van der Waals surface area contributed by atoms with Gasteiger partial charge < -0.3 is 5.11 Å². The lowest BCUT2D eigenvalue weighted by Gasteiger charge is -2.05. The first-order valence-corrected chi connectivity index (χ1v) is 3.47. The number of aliphatic hydroxyl groups excluding tert-OH is 1. The number of hydrogen-bond donors (Lipinski definition) is 1. The van der Waals surface area contributed by atoms with Gasteiger partial charge in [0, 0.05) is 10.6 Å². The summed E-state index contributed by atoms with van der Waals surface area (Å²) in [4.78, 5) is 0. The van der Waals surface area contributed by atoms with Crippen molar-refractivity contribution in [3.8, 4) is 0 Å². The maximum atomic E-state index is 12.8. The molecule has 0 unspecified atom stereocenters. The van der Waals surface area contributed by atoms with Crippen LogP contribution in [0.15, 0.2) is 18.2 Å². The second-order valence-corrected chi connectivity index (χ2v) is 2.59. The maximum absolute atomic E-state index is 12.8. The molecule has 3 heteroatoms. The van der Waals surface area contributed by atoms with Crippen molar-refractivity contribution in [1.82, 2.24) is 0 Å². The first-order chi connectivity index (χ1) is 5.13. The number of halogens is 2. The fourth-order valence-electron chi connectivity index (χ4n) is 0.843. The van der Waals surface area contributed by atoms with Gasteiger partial charge in [0.05, 0.1) is 0 Å². The van der Waals surface area contributed by atoms with E-state index in [0.717, 1.165) is 0 Å². The van der Waals surface area contributed by atoms with Crippen LogP contribution in [-0.2, 0) is 0 Å². The third-order valence-electron chi connectivity index (χ3n) is 1.32. The van der Waals surface area contributed by atoms with Gasteiger partial charge in [-0.05, 0) is 19.1 Å². The standard InChI is InChI=1S/C8H7ClFO/c1-5(11)8-6(9)3-2-4-7(8)10/h2-4,11H,1H3. The second kappa shape index (κ2) is 3.20. The van der Waals surface area contributed by atoms with Crippen LogP contribution in [0.2, 0.25) is 5.02 Å². The van der Waals surface area contributed by atoms with Crippen LogP contribution in [0.1, 0.15) is 12.5 Å². The Morgan fingerprint density at radius 2 is 2.18 bits per heavy atom. The molecule has 1 N–H and O–H groups in total. The average Bonchev–Trinajstić information content (AvgIpc) is 1.85. The normalized spacial score (nSPS) is 10.6. The van der Waals surface area contributed by atoms with Gasteiger partial charge in [-0.2, -0.15) is 0 Å². The van der Waals surface area contributed by atoms with Gasteiger partial charge in [0.1, 0.15) is 11.9 Å². The molecule has 0 atom stereocenters. The molecule has 1 aromatic rings. The molecule has 0 heterocycles. The average molecular weight is 174 g/mol. The molecule has 0 amide bonds. The summed E-state index contributed by atoms with van der Waals surface area (Å²) in [5.74, 6) is -0.502. The van der Waals surface area contributed by atoms with E-state index in [2.05, 4.69) is 0 Å². The molecule has 59 valence electrons. The largest absolute Gasteiger partial charge is 0.382 e. The molecule has 0 aliphatic carbocycles. The van der Waals surface area contributed by atoms with E-state index >= 15 is 0 Å². The minimum atomic E-state index is -0.502. The Kier molecular flexibility index (Phi) is 2.47. The van der Waals surface area contributed by atoms with Crippen LogP contribution in [-0.4, -0.2) is 5.11 Å². The molecule has 11 heavy (non-hydrogen) atoms. The molecule has 0 saturated heterocycles. The lowest BCUT2D eigenvalue weighted by Crippen LogP contribution is -1.97. The summed E-state index contributed by atoms with van der Waals surface area (Å²) in [6.07, 6.45) is -0.104. The summed E-state index contributed by atoms with van der Waals surface area (Å²) in [5, 5.41) is 9.20. The van der Waals surface area contributed by atoms with E-state index in [9.17, 15) is 4.39 Å². The molecule has 0 aromatic heterocycles. The zero-order chi connectivity index (χ0) is 8.43. The van der Waals surface area contributed by atoms with Gasteiger partial charge in [-0.1, -0.05) is 17.7 Å². The van der Waals surface area contributed by atoms with Crippen molar-refractivity contribution in [2.75, 3.05) is 0 Å². The van der Waals surface area contributed by atoms with Crippen LogP contribution >= 0.6 is 11.6 Å². The summed E-state index contributed by atoms with van der Waals surface area (Å²) in [5.41, 5.74) is 0.0779. The zero-order valence-electron chi connectivity index (χ0n) is 5.94. The Labute approximate surface area is 69.4 Å². The minimum Gasteiger partial charge on any atom is -0.382 e. The second-order valence-electron chi connectivity index (χ2n) is 2.18. The SMILES string of the molecule is C[C](O)c1c(F)cccc1Cl. The van der Waals surface area contributed by atoms with Crippen LogP contribution < -0.4 is 0 Å². The zero-order valence-corrected chi connectivity index (χ0v) is 6.69. The fourth-order valence-corrected chi connectivity index (χ4v) is 1.14. The van der Waals surface area contributed by atoms with Crippen molar-refractivity contribution in [2.45, 2.75) is 6.92 Å². The first kappa shape index (κ1) is 8.50. The van der Waals surface area contributed by atoms with Crippen molar-refractivity contribution >= 4 is 11.6 Å². The van der Waals surface area contributed by atoms with E-state index in [1.807, 2.05) is 0 Å². The quantitative estimate of drug-likeness (QED) is 0.693. The van der Waals surface area contributed by atoms with Crippen LogP contribution in [0.4, 0.5) is 4.39 Å². The van der Waals surface area contributed by atoms with Gasteiger partial charge in [0.2, 0.25) is 0 Å². The van der Waals surface area contributed by atoms with Crippen molar-refractivity contribution in [2.24, 2.45) is 0 Å². The lowest BCUT2D eigenvalue weighted by atomic mass is 10.1. The predicted octanol–water partition coefficient (Wildman–Crippen LogP) is 2.75. The summed E-state index contributed by atoms with van der Waals surface area (Å²) in [7, 11) is 0. The molecule has 1 rings (SSSR count). The van der Waals surface area contributed by atoms with Gasteiger partial charge in [-0.15, -0.1) is 0 Å². The highest BCUT2D eigenvalue weighted by molar-refractivity contribution is 6.31. The Balaban J connectivity index is 3.21. The summed E-state index contributed by atoms with van der Waals surface area (Å²) in [6.45, 7) is 1.39. The molecule has 0 spiro atoms. The van der Waals surface area contributed by atoms with Crippen molar-refractivity contribution in [3.05, 3.63) is 40.7 Å². The van der Waals surface area contributed by atoms with Crippen molar-refractivity contribution in [1.29, 1.82) is 0 Å². The van der Waals surface area contributed by atoms with Crippen molar-refractivity contribution < 1.29 is 9.50 Å². The number of rotatable bonds is 1. The van der Waals surface area contributed by atoms with Gasteiger partial charge in [0.25, 0.3) is 0 Å². The minimum absolute atomic E-state index is 0.0779. The van der Waals surface area contributed by atoms with Crippen LogP contribution in [0.3, 0.4) is 0 Å². The molecule has 0 aliphatic heterocycles. The van der Waals surface area contributed by atoms with E-state index < -0.39 is 5.82 Å². The number of benzene rings is 1. The van der Waals surface area contributed by atoms with Gasteiger partial charge in [-0.25, -0.2) is 4.39 Å². The molecule has 0 bridgehead atoms. The fraction of sp³-hybridized carbons (Fsp3) is 0.125. The highest BCUT2D eigenvalue weighted by Crippen LogP contribution is 2.24. The van der Waals surface area contributed by atoms with E-state index in [0.29, 0.717) is 0 Å². The Bertz CT molecular complexity index is 240. The topological polar surface area (TPSA) is 20.2 Å². The van der Waals surface area contributed by atoms with E-state index in [-0.39, 0.29) is 16.7 Å². The summed E-state index contributed by atoms with van der Waals surface area (Å²) < 4.78 is 12.8. The molecule has 0 saturated carbocycles.